The molecular weight excluding hydrogens is 292 g/mol. The zero-order chi connectivity index (χ0) is 14.8. The van der Waals surface area contributed by atoms with Crippen molar-refractivity contribution in [2.75, 3.05) is 0 Å². The molecule has 0 atom stereocenters. The molecule has 0 unspecified atom stereocenters. The Bertz CT molecular complexity index is 1110. The maximum Gasteiger partial charge on any atom is 0.262 e. The molecule has 4 aromatic rings. The molecule has 0 radical (unpaired) electrons. The van der Waals surface area contributed by atoms with Crippen LogP contribution in [0.25, 0.3) is 26.6 Å². The Morgan fingerprint density at radius 2 is 1.95 bits per heavy atom. The van der Waals surface area contributed by atoms with E-state index in [-0.39, 0.29) is 5.56 Å². The van der Waals surface area contributed by atoms with E-state index in [0.717, 1.165) is 34.1 Å². The molecule has 0 N–H and O–H groups in total. The molecule has 3 aromatic heterocycles. The van der Waals surface area contributed by atoms with Crippen molar-refractivity contribution in [3.05, 3.63) is 51.3 Å². The molecule has 5 rings (SSSR count). The smallest absolute Gasteiger partial charge is 0.262 e. The lowest BCUT2D eigenvalue weighted by Gasteiger charge is -2.10. The maximum absolute atomic E-state index is 13.0. The molecule has 4 heteroatoms. The number of nitrogens with zero attached hydrogens (tertiary/aromatic N) is 2. The van der Waals surface area contributed by atoms with Crippen LogP contribution in [0.3, 0.4) is 0 Å². The van der Waals surface area contributed by atoms with E-state index in [1.54, 1.807) is 0 Å². The lowest BCUT2D eigenvalue weighted by Crippen LogP contribution is -2.19. The molecule has 22 heavy (non-hydrogen) atoms. The van der Waals surface area contributed by atoms with Gasteiger partial charge in [0.15, 0.2) is 0 Å². The molecule has 0 aliphatic heterocycles. The van der Waals surface area contributed by atoms with Crippen molar-refractivity contribution in [2.24, 2.45) is 7.05 Å². The number of rotatable bonds is 0. The minimum absolute atomic E-state index is 0.158. The van der Waals surface area contributed by atoms with Crippen LogP contribution >= 0.6 is 11.3 Å². The van der Waals surface area contributed by atoms with Crippen LogP contribution < -0.4 is 5.56 Å². The number of hydrogen-bond donors (Lipinski definition) is 0. The van der Waals surface area contributed by atoms with Crippen LogP contribution in [0.4, 0.5) is 0 Å². The first-order valence-corrected chi connectivity index (χ1v) is 8.60. The second kappa shape index (κ2) is 4.23. The lowest BCUT2D eigenvalue weighted by molar-refractivity contribution is 0.699. The number of hydrogen-bond acceptors (Lipinski definition) is 2. The van der Waals surface area contributed by atoms with Crippen LogP contribution in [0, 0.1) is 0 Å². The Morgan fingerprint density at radius 3 is 2.86 bits per heavy atom. The van der Waals surface area contributed by atoms with Gasteiger partial charge in [-0.25, -0.2) is 0 Å². The molecule has 1 aliphatic rings. The average molecular weight is 308 g/mol. The fourth-order valence-corrected chi connectivity index (χ4v) is 5.20. The number of aryl methyl sites for hydroxylation is 3. The first-order valence-electron chi connectivity index (χ1n) is 7.79. The summed E-state index contributed by atoms with van der Waals surface area (Å²) < 4.78 is 4.05. The summed E-state index contributed by atoms with van der Waals surface area (Å²) in [7, 11) is 1.90. The summed E-state index contributed by atoms with van der Waals surface area (Å²) in [5.74, 6) is 0. The van der Waals surface area contributed by atoms with Gasteiger partial charge in [0, 0.05) is 28.9 Å². The minimum Gasteiger partial charge on any atom is -0.296 e. The first kappa shape index (κ1) is 12.5. The van der Waals surface area contributed by atoms with E-state index in [1.165, 1.54) is 28.7 Å². The quantitative estimate of drug-likeness (QED) is 0.484. The van der Waals surface area contributed by atoms with Crippen LogP contribution in [0.1, 0.15) is 23.3 Å². The van der Waals surface area contributed by atoms with Gasteiger partial charge in [-0.15, -0.1) is 11.3 Å². The Hall–Kier alpha value is -2.07. The largest absolute Gasteiger partial charge is 0.296 e. The third-order valence-corrected chi connectivity index (χ3v) is 6.20. The van der Waals surface area contributed by atoms with Crippen molar-refractivity contribution >= 4 is 38.0 Å². The van der Waals surface area contributed by atoms with Crippen molar-refractivity contribution in [2.45, 2.75) is 25.7 Å². The first-order chi connectivity index (χ1) is 10.8. The second-order valence-electron chi connectivity index (χ2n) is 6.17. The Kier molecular flexibility index (Phi) is 2.40. The number of fused-ring (bicyclic) bond motifs is 7. The third-order valence-electron chi connectivity index (χ3n) is 4.91. The SMILES string of the molecule is Cn1c(=O)c2c3c(sc2n2cc4ccccc4c12)CCCC3. The lowest BCUT2D eigenvalue weighted by atomic mass is 9.97. The molecule has 110 valence electrons. The van der Waals surface area contributed by atoms with E-state index in [0.29, 0.717) is 0 Å². The molecule has 0 bridgehead atoms. The highest BCUT2D eigenvalue weighted by atomic mass is 32.1. The van der Waals surface area contributed by atoms with Crippen molar-refractivity contribution in [3.63, 3.8) is 0 Å². The normalized spacial score (nSPS) is 15.0. The molecule has 0 saturated carbocycles. The summed E-state index contributed by atoms with van der Waals surface area (Å²) in [6, 6.07) is 8.31. The summed E-state index contributed by atoms with van der Waals surface area (Å²) in [5, 5.41) is 3.29. The summed E-state index contributed by atoms with van der Waals surface area (Å²) >= 11 is 1.82. The molecule has 3 heterocycles. The van der Waals surface area contributed by atoms with Crippen LogP contribution in [-0.4, -0.2) is 8.97 Å². The molecule has 3 nitrogen and oxygen atoms in total. The number of benzene rings is 1. The zero-order valence-corrected chi connectivity index (χ0v) is 13.2. The van der Waals surface area contributed by atoms with E-state index in [2.05, 4.69) is 28.8 Å². The average Bonchev–Trinajstić information content (AvgIpc) is 3.11. The number of aromatic nitrogens is 2. The molecule has 1 aliphatic carbocycles. The zero-order valence-electron chi connectivity index (χ0n) is 12.4. The van der Waals surface area contributed by atoms with Crippen LogP contribution in [0.2, 0.25) is 0 Å². The fraction of sp³-hybridized carbons (Fsp3) is 0.278. The highest BCUT2D eigenvalue weighted by molar-refractivity contribution is 7.19. The van der Waals surface area contributed by atoms with Crippen LogP contribution in [0.15, 0.2) is 35.3 Å². The number of thiophene rings is 1. The van der Waals surface area contributed by atoms with Crippen molar-refractivity contribution in [1.82, 2.24) is 8.97 Å². The van der Waals surface area contributed by atoms with Gasteiger partial charge in [-0.2, -0.15) is 0 Å². The van der Waals surface area contributed by atoms with Gasteiger partial charge in [-0.05, 0) is 31.2 Å². The minimum atomic E-state index is 0.158. The van der Waals surface area contributed by atoms with E-state index in [1.807, 2.05) is 29.0 Å². The van der Waals surface area contributed by atoms with Gasteiger partial charge in [0.25, 0.3) is 5.56 Å². The third kappa shape index (κ3) is 1.43. The summed E-state index contributed by atoms with van der Waals surface area (Å²) in [6.45, 7) is 0. The van der Waals surface area contributed by atoms with E-state index in [9.17, 15) is 4.79 Å². The second-order valence-corrected chi connectivity index (χ2v) is 7.25. The fourth-order valence-electron chi connectivity index (χ4n) is 3.85. The van der Waals surface area contributed by atoms with Crippen molar-refractivity contribution < 1.29 is 0 Å². The molecule has 1 aromatic carbocycles. The molecular formula is C18H16N2OS. The van der Waals surface area contributed by atoms with Gasteiger partial charge in [0.2, 0.25) is 0 Å². The van der Waals surface area contributed by atoms with Crippen LogP contribution in [0.5, 0.6) is 0 Å². The maximum atomic E-state index is 13.0. The molecule has 0 fully saturated rings. The predicted octanol–water partition coefficient (Wildman–Crippen LogP) is 3.88. The summed E-state index contributed by atoms with van der Waals surface area (Å²) in [6.07, 6.45) is 6.80. The molecule has 0 spiro atoms. The standard InChI is InChI=1S/C18H16N2OS/c1-19-16-12-7-3-2-6-11(12)10-20(16)18-15(17(19)21)13-8-4-5-9-14(13)22-18/h2-3,6-7,10H,4-5,8-9H2,1H3. The van der Waals surface area contributed by atoms with Crippen LogP contribution in [-0.2, 0) is 19.9 Å². The van der Waals surface area contributed by atoms with Gasteiger partial charge >= 0.3 is 0 Å². The Labute approximate surface area is 131 Å². The van der Waals surface area contributed by atoms with Crippen molar-refractivity contribution in [1.29, 1.82) is 0 Å². The molecule has 0 saturated heterocycles. The van der Waals surface area contributed by atoms with Gasteiger partial charge in [-0.1, -0.05) is 24.3 Å². The van der Waals surface area contributed by atoms with E-state index in [4.69, 9.17) is 0 Å². The van der Waals surface area contributed by atoms with Gasteiger partial charge < -0.3 is 0 Å². The monoisotopic (exact) mass is 308 g/mol. The van der Waals surface area contributed by atoms with Crippen molar-refractivity contribution in [3.8, 4) is 0 Å². The van der Waals surface area contributed by atoms with E-state index >= 15 is 0 Å². The predicted molar refractivity (Wildman–Crippen MR) is 92.2 cm³/mol. The summed E-state index contributed by atoms with van der Waals surface area (Å²) in [5.41, 5.74) is 2.48. The summed E-state index contributed by atoms with van der Waals surface area (Å²) in [4.78, 5) is 15.5. The highest BCUT2D eigenvalue weighted by Gasteiger charge is 2.22. The molecule has 0 amide bonds. The Morgan fingerprint density at radius 1 is 1.14 bits per heavy atom. The highest BCUT2D eigenvalue weighted by Crippen LogP contribution is 2.36. The van der Waals surface area contributed by atoms with Gasteiger partial charge in [0.05, 0.1) is 5.39 Å². The van der Waals surface area contributed by atoms with E-state index < -0.39 is 0 Å². The van der Waals surface area contributed by atoms with Gasteiger partial charge in [-0.3, -0.25) is 13.8 Å². The van der Waals surface area contributed by atoms with Gasteiger partial charge in [0.1, 0.15) is 10.5 Å². The topological polar surface area (TPSA) is 26.4 Å². The Balaban J connectivity index is 2.09.